The van der Waals surface area contributed by atoms with Gasteiger partial charge in [-0.3, -0.25) is 9.69 Å². The van der Waals surface area contributed by atoms with Gasteiger partial charge in [-0.15, -0.1) is 0 Å². The summed E-state index contributed by atoms with van der Waals surface area (Å²) in [6.07, 6.45) is 2.22. The summed E-state index contributed by atoms with van der Waals surface area (Å²) in [5.74, 6) is 0.0754. The van der Waals surface area contributed by atoms with Gasteiger partial charge in [0.1, 0.15) is 11.7 Å². The molecular formula is C17H19FN4O. The van der Waals surface area contributed by atoms with Gasteiger partial charge in [-0.1, -0.05) is 24.8 Å². The SMILES string of the molecule is C=C(C)/N=C(N)\N=C1/CC=C(c2ccc(F)cc2)C(=O)N1CC. The second kappa shape index (κ2) is 7.00. The van der Waals surface area contributed by atoms with Gasteiger partial charge in [0.2, 0.25) is 5.96 Å². The number of likely N-dealkylation sites (N-methyl/N-ethyl adjacent to an activating group) is 1. The van der Waals surface area contributed by atoms with Crippen molar-refractivity contribution in [2.75, 3.05) is 6.54 Å². The van der Waals surface area contributed by atoms with Gasteiger partial charge in [-0.25, -0.2) is 9.38 Å². The summed E-state index contributed by atoms with van der Waals surface area (Å²) in [4.78, 5) is 22.4. The van der Waals surface area contributed by atoms with Gasteiger partial charge in [0.15, 0.2) is 0 Å². The summed E-state index contributed by atoms with van der Waals surface area (Å²) in [6.45, 7) is 7.66. The van der Waals surface area contributed by atoms with Gasteiger partial charge < -0.3 is 5.73 Å². The second-order valence-corrected chi connectivity index (χ2v) is 5.11. The molecule has 1 aromatic carbocycles. The number of hydrogen-bond acceptors (Lipinski definition) is 2. The first kappa shape index (κ1) is 16.6. The predicted octanol–water partition coefficient (Wildman–Crippen LogP) is 2.71. The Bertz CT molecular complexity index is 717. The van der Waals surface area contributed by atoms with Crippen LogP contribution in [-0.4, -0.2) is 29.1 Å². The Balaban J connectivity index is 2.35. The van der Waals surface area contributed by atoms with E-state index in [0.29, 0.717) is 35.6 Å². The number of amidine groups is 1. The molecule has 0 radical (unpaired) electrons. The molecule has 0 saturated heterocycles. The van der Waals surface area contributed by atoms with E-state index in [1.165, 1.54) is 12.1 Å². The molecule has 0 spiro atoms. The van der Waals surface area contributed by atoms with Crippen molar-refractivity contribution in [1.82, 2.24) is 4.90 Å². The molecule has 0 fully saturated rings. The maximum atomic E-state index is 13.0. The van der Waals surface area contributed by atoms with E-state index in [2.05, 4.69) is 16.6 Å². The Kier molecular flexibility index (Phi) is 5.05. The maximum Gasteiger partial charge on any atom is 0.259 e. The van der Waals surface area contributed by atoms with Crippen molar-refractivity contribution in [2.45, 2.75) is 20.3 Å². The van der Waals surface area contributed by atoms with E-state index >= 15 is 0 Å². The highest BCUT2D eigenvalue weighted by Gasteiger charge is 2.26. The molecule has 0 unspecified atom stereocenters. The normalized spacial score (nSPS) is 17.4. The fraction of sp³-hybridized carbons (Fsp3) is 0.235. The number of benzene rings is 1. The van der Waals surface area contributed by atoms with Crippen LogP contribution in [0.5, 0.6) is 0 Å². The second-order valence-electron chi connectivity index (χ2n) is 5.11. The largest absolute Gasteiger partial charge is 0.368 e. The molecule has 0 aromatic heterocycles. The maximum absolute atomic E-state index is 13.0. The smallest absolute Gasteiger partial charge is 0.259 e. The standard InChI is InChI=1S/C17H19FN4O/c1-4-22-15(21-17(19)20-11(2)3)10-9-14(16(22)23)12-5-7-13(18)8-6-12/h5-9H,2,4,10H2,1,3H3,(H2,19,20)/b21-15+. The minimum absolute atomic E-state index is 0.0670. The molecule has 120 valence electrons. The fourth-order valence-electron chi connectivity index (χ4n) is 2.31. The van der Waals surface area contributed by atoms with Crippen molar-refractivity contribution in [1.29, 1.82) is 0 Å². The molecular weight excluding hydrogens is 295 g/mol. The number of halogens is 1. The lowest BCUT2D eigenvalue weighted by Crippen LogP contribution is -2.40. The lowest BCUT2D eigenvalue weighted by atomic mass is 9.99. The highest BCUT2D eigenvalue weighted by Crippen LogP contribution is 2.23. The topological polar surface area (TPSA) is 71.0 Å². The lowest BCUT2D eigenvalue weighted by molar-refractivity contribution is -0.121. The van der Waals surface area contributed by atoms with Crippen LogP contribution < -0.4 is 5.73 Å². The zero-order valence-electron chi connectivity index (χ0n) is 13.2. The molecule has 0 saturated carbocycles. The van der Waals surface area contributed by atoms with Crippen LogP contribution in [0.1, 0.15) is 25.8 Å². The van der Waals surface area contributed by atoms with E-state index in [-0.39, 0.29) is 17.7 Å². The van der Waals surface area contributed by atoms with Gasteiger partial charge in [0.05, 0.1) is 0 Å². The van der Waals surface area contributed by atoms with E-state index in [1.54, 1.807) is 30.0 Å². The highest BCUT2D eigenvalue weighted by atomic mass is 19.1. The lowest BCUT2D eigenvalue weighted by Gasteiger charge is -2.27. The molecule has 1 aromatic rings. The molecule has 2 rings (SSSR count). The Morgan fingerprint density at radius 2 is 2.04 bits per heavy atom. The zero-order chi connectivity index (χ0) is 17.0. The van der Waals surface area contributed by atoms with Gasteiger partial charge in [-0.2, -0.15) is 4.99 Å². The Hall–Kier alpha value is -2.76. The van der Waals surface area contributed by atoms with Crippen LogP contribution in [0.3, 0.4) is 0 Å². The minimum Gasteiger partial charge on any atom is -0.368 e. The number of carbonyl (C=O) groups is 1. The summed E-state index contributed by atoms with van der Waals surface area (Å²) in [5.41, 5.74) is 7.48. The third-order valence-corrected chi connectivity index (χ3v) is 3.30. The Labute approximate surface area is 134 Å². The van der Waals surface area contributed by atoms with Crippen LogP contribution >= 0.6 is 0 Å². The summed E-state index contributed by atoms with van der Waals surface area (Å²) < 4.78 is 13.0. The number of rotatable bonds is 3. The molecule has 0 bridgehead atoms. The molecule has 23 heavy (non-hydrogen) atoms. The van der Waals surface area contributed by atoms with Crippen LogP contribution in [-0.2, 0) is 4.79 Å². The van der Waals surface area contributed by atoms with Crippen molar-refractivity contribution in [3.8, 4) is 0 Å². The summed E-state index contributed by atoms with van der Waals surface area (Å²) in [6, 6.07) is 5.85. The predicted molar refractivity (Wildman–Crippen MR) is 90.3 cm³/mol. The van der Waals surface area contributed by atoms with E-state index in [1.807, 2.05) is 6.92 Å². The van der Waals surface area contributed by atoms with E-state index in [0.717, 1.165) is 0 Å². The van der Waals surface area contributed by atoms with Crippen LogP contribution in [0.2, 0.25) is 0 Å². The average Bonchev–Trinajstić information content (AvgIpc) is 2.48. The van der Waals surface area contributed by atoms with E-state index in [4.69, 9.17) is 5.73 Å². The molecule has 1 aliphatic rings. The summed E-state index contributed by atoms with van der Waals surface area (Å²) in [5, 5.41) is 0. The minimum atomic E-state index is -0.337. The van der Waals surface area contributed by atoms with Crippen molar-refractivity contribution < 1.29 is 9.18 Å². The first-order valence-corrected chi connectivity index (χ1v) is 7.27. The molecule has 0 atom stereocenters. The van der Waals surface area contributed by atoms with Gasteiger partial charge in [0, 0.05) is 24.2 Å². The number of carbonyl (C=O) groups excluding carboxylic acids is 1. The fourth-order valence-corrected chi connectivity index (χ4v) is 2.31. The molecule has 6 heteroatoms. The zero-order valence-corrected chi connectivity index (χ0v) is 13.2. The van der Waals surface area contributed by atoms with Crippen molar-refractivity contribution >= 4 is 23.3 Å². The Morgan fingerprint density at radius 1 is 1.39 bits per heavy atom. The number of nitrogens with zero attached hydrogens (tertiary/aromatic N) is 3. The Morgan fingerprint density at radius 3 is 2.61 bits per heavy atom. The van der Waals surface area contributed by atoms with Gasteiger partial charge in [0.25, 0.3) is 5.91 Å². The third kappa shape index (κ3) is 3.91. The van der Waals surface area contributed by atoms with Crippen LogP contribution in [0, 0.1) is 5.82 Å². The van der Waals surface area contributed by atoms with Crippen molar-refractivity contribution in [3.63, 3.8) is 0 Å². The number of guanidine groups is 1. The quantitative estimate of drug-likeness (QED) is 0.688. The number of nitrogens with two attached hydrogens (primary N) is 1. The first-order valence-electron chi connectivity index (χ1n) is 7.27. The third-order valence-electron chi connectivity index (χ3n) is 3.30. The molecule has 2 N–H and O–H groups in total. The summed E-state index contributed by atoms with van der Waals surface area (Å²) in [7, 11) is 0. The van der Waals surface area contributed by atoms with Crippen LogP contribution in [0.4, 0.5) is 4.39 Å². The van der Waals surface area contributed by atoms with Crippen LogP contribution in [0.15, 0.2) is 52.6 Å². The average molecular weight is 314 g/mol. The van der Waals surface area contributed by atoms with Crippen molar-refractivity contribution in [3.05, 3.63) is 54.0 Å². The van der Waals surface area contributed by atoms with Crippen LogP contribution in [0.25, 0.3) is 5.57 Å². The molecule has 1 amide bonds. The highest BCUT2D eigenvalue weighted by molar-refractivity contribution is 6.27. The summed E-state index contributed by atoms with van der Waals surface area (Å²) >= 11 is 0. The molecule has 1 aliphatic heterocycles. The molecule has 1 heterocycles. The first-order chi connectivity index (χ1) is 10.9. The number of hydrogen-bond donors (Lipinski definition) is 1. The molecule has 0 aliphatic carbocycles. The van der Waals surface area contributed by atoms with Gasteiger partial charge in [-0.05, 0) is 31.5 Å². The van der Waals surface area contributed by atoms with E-state index in [9.17, 15) is 9.18 Å². The van der Waals surface area contributed by atoms with Crippen molar-refractivity contribution in [2.24, 2.45) is 15.7 Å². The monoisotopic (exact) mass is 314 g/mol. The number of amides is 1. The van der Waals surface area contributed by atoms with E-state index < -0.39 is 0 Å². The molecule has 5 nitrogen and oxygen atoms in total. The van der Waals surface area contributed by atoms with Gasteiger partial charge >= 0.3 is 0 Å². The number of allylic oxidation sites excluding steroid dienone is 1. The number of aliphatic imine (C=N–C) groups is 2.